The molecular formula is C19H16ClFN2OS2. The molecule has 7 heteroatoms. The molecule has 3 nitrogen and oxygen atoms in total. The van der Waals surface area contributed by atoms with Gasteiger partial charge < -0.3 is 5.32 Å². The summed E-state index contributed by atoms with van der Waals surface area (Å²) in [5, 5.41) is 7.13. The molecule has 1 aromatic carbocycles. The Morgan fingerprint density at radius 3 is 2.92 bits per heavy atom. The smallest absolute Gasteiger partial charge is 0.238 e. The Kier molecular flexibility index (Phi) is 5.09. The fraction of sp³-hybridized carbons (Fsp3) is 0.211. The number of amides is 1. The fourth-order valence-electron chi connectivity index (χ4n) is 3.28. The molecule has 0 unspecified atom stereocenters. The molecule has 1 aliphatic rings. The van der Waals surface area contributed by atoms with Gasteiger partial charge in [0.1, 0.15) is 5.82 Å². The molecule has 2 aromatic heterocycles. The van der Waals surface area contributed by atoms with Crippen LogP contribution in [0.5, 0.6) is 0 Å². The molecule has 3 aromatic rings. The topological polar surface area (TPSA) is 32.3 Å². The lowest BCUT2D eigenvalue weighted by molar-refractivity contribution is -0.117. The predicted octanol–water partition coefficient (Wildman–Crippen LogP) is 5.19. The van der Waals surface area contributed by atoms with Crippen LogP contribution in [0.2, 0.25) is 5.02 Å². The van der Waals surface area contributed by atoms with Crippen LogP contribution in [0.1, 0.15) is 21.4 Å². The van der Waals surface area contributed by atoms with E-state index in [0.717, 1.165) is 13.0 Å². The molecule has 1 amide bonds. The van der Waals surface area contributed by atoms with Gasteiger partial charge in [-0.15, -0.1) is 22.7 Å². The van der Waals surface area contributed by atoms with Crippen LogP contribution in [0.3, 0.4) is 0 Å². The summed E-state index contributed by atoms with van der Waals surface area (Å²) in [5.74, 6) is -0.758. The summed E-state index contributed by atoms with van der Waals surface area (Å²) < 4.78 is 13.9. The SMILES string of the molecule is O=C(CN1CCc2sccc2[C@@H]1c1cccs1)Nc1ccc(Cl)cc1F. The minimum absolute atomic E-state index is 0.0748. The summed E-state index contributed by atoms with van der Waals surface area (Å²) in [6.07, 6.45) is 0.928. The Morgan fingerprint density at radius 1 is 1.27 bits per heavy atom. The first-order valence-corrected chi connectivity index (χ1v) is 10.3. The normalized spacial score (nSPS) is 17.1. The minimum atomic E-state index is -0.528. The summed E-state index contributed by atoms with van der Waals surface area (Å²) in [6, 6.07) is 10.6. The van der Waals surface area contributed by atoms with Crippen molar-refractivity contribution in [2.75, 3.05) is 18.4 Å². The first-order chi connectivity index (χ1) is 12.6. The van der Waals surface area contributed by atoms with Crippen LogP contribution in [0.15, 0.2) is 47.2 Å². The molecule has 1 N–H and O–H groups in total. The largest absolute Gasteiger partial charge is 0.322 e. The number of carbonyl (C=O) groups excluding carboxylic acids is 1. The van der Waals surface area contributed by atoms with E-state index in [1.54, 1.807) is 28.7 Å². The first-order valence-electron chi connectivity index (χ1n) is 8.20. The summed E-state index contributed by atoms with van der Waals surface area (Å²) >= 11 is 9.22. The van der Waals surface area contributed by atoms with Gasteiger partial charge in [0.25, 0.3) is 0 Å². The number of carbonyl (C=O) groups is 1. The first kappa shape index (κ1) is 17.7. The van der Waals surface area contributed by atoms with Crippen molar-refractivity contribution >= 4 is 45.9 Å². The molecule has 0 saturated heterocycles. The molecule has 0 saturated carbocycles. The number of anilines is 1. The van der Waals surface area contributed by atoms with Crippen LogP contribution >= 0.6 is 34.3 Å². The van der Waals surface area contributed by atoms with E-state index in [4.69, 9.17) is 11.6 Å². The highest BCUT2D eigenvalue weighted by molar-refractivity contribution is 7.10. The molecule has 0 fully saturated rings. The van der Waals surface area contributed by atoms with Crippen molar-refractivity contribution in [1.82, 2.24) is 4.90 Å². The summed E-state index contributed by atoms with van der Waals surface area (Å²) in [4.78, 5) is 17.3. The molecule has 3 heterocycles. The van der Waals surface area contributed by atoms with E-state index < -0.39 is 5.82 Å². The second-order valence-electron chi connectivity index (χ2n) is 6.11. The Labute approximate surface area is 164 Å². The average Bonchev–Trinajstić information content (AvgIpc) is 3.28. The molecule has 134 valence electrons. The zero-order chi connectivity index (χ0) is 18.1. The van der Waals surface area contributed by atoms with Crippen molar-refractivity contribution in [3.8, 4) is 0 Å². The molecule has 0 radical (unpaired) electrons. The van der Waals surface area contributed by atoms with Gasteiger partial charge in [-0.3, -0.25) is 9.69 Å². The molecule has 1 aliphatic heterocycles. The van der Waals surface area contributed by atoms with Gasteiger partial charge in [0.05, 0.1) is 18.3 Å². The number of benzene rings is 1. The highest BCUT2D eigenvalue weighted by Crippen LogP contribution is 2.39. The number of rotatable bonds is 4. The maximum atomic E-state index is 13.9. The van der Waals surface area contributed by atoms with Crippen molar-refractivity contribution in [1.29, 1.82) is 0 Å². The number of nitrogens with one attached hydrogen (secondary N) is 1. The van der Waals surface area contributed by atoms with Gasteiger partial charge in [0.15, 0.2) is 0 Å². The Morgan fingerprint density at radius 2 is 2.15 bits per heavy atom. The van der Waals surface area contributed by atoms with Crippen LogP contribution in [0.25, 0.3) is 0 Å². The van der Waals surface area contributed by atoms with Crippen LogP contribution in [-0.4, -0.2) is 23.9 Å². The highest BCUT2D eigenvalue weighted by Gasteiger charge is 2.31. The summed E-state index contributed by atoms with van der Waals surface area (Å²) in [6.45, 7) is 1.01. The van der Waals surface area contributed by atoms with Crippen LogP contribution in [-0.2, 0) is 11.2 Å². The molecule has 0 spiro atoms. The molecule has 4 rings (SSSR count). The monoisotopic (exact) mass is 406 g/mol. The van der Waals surface area contributed by atoms with Gasteiger partial charge in [-0.05, 0) is 53.1 Å². The van der Waals surface area contributed by atoms with Gasteiger partial charge in [0.2, 0.25) is 5.91 Å². The maximum Gasteiger partial charge on any atom is 0.238 e. The number of nitrogens with zero attached hydrogens (tertiary/aromatic N) is 1. The van der Waals surface area contributed by atoms with E-state index in [-0.39, 0.29) is 24.2 Å². The van der Waals surface area contributed by atoms with E-state index in [9.17, 15) is 9.18 Å². The Balaban J connectivity index is 1.54. The van der Waals surface area contributed by atoms with Crippen molar-refractivity contribution in [2.24, 2.45) is 0 Å². The Hall–Kier alpha value is -1.73. The van der Waals surface area contributed by atoms with Crippen molar-refractivity contribution in [2.45, 2.75) is 12.5 Å². The highest BCUT2D eigenvalue weighted by atomic mass is 35.5. The zero-order valence-electron chi connectivity index (χ0n) is 13.7. The maximum absolute atomic E-state index is 13.9. The van der Waals surface area contributed by atoms with Gasteiger partial charge in [0, 0.05) is 21.3 Å². The van der Waals surface area contributed by atoms with Crippen LogP contribution < -0.4 is 5.32 Å². The van der Waals surface area contributed by atoms with E-state index in [2.05, 4.69) is 33.1 Å². The minimum Gasteiger partial charge on any atom is -0.322 e. The van der Waals surface area contributed by atoms with Gasteiger partial charge in [-0.25, -0.2) is 4.39 Å². The van der Waals surface area contributed by atoms with Crippen LogP contribution in [0.4, 0.5) is 10.1 Å². The molecule has 0 bridgehead atoms. The third kappa shape index (κ3) is 3.55. The van der Waals surface area contributed by atoms with E-state index in [0.29, 0.717) is 5.02 Å². The Bertz CT molecular complexity index is 926. The van der Waals surface area contributed by atoms with Gasteiger partial charge >= 0.3 is 0 Å². The molecule has 0 aliphatic carbocycles. The lowest BCUT2D eigenvalue weighted by Crippen LogP contribution is -2.40. The predicted molar refractivity (Wildman–Crippen MR) is 106 cm³/mol. The number of thiophene rings is 2. The zero-order valence-corrected chi connectivity index (χ0v) is 16.1. The fourth-order valence-corrected chi connectivity index (χ4v) is 5.22. The second kappa shape index (κ2) is 7.48. The number of hydrogen-bond donors (Lipinski definition) is 1. The lowest BCUT2D eigenvalue weighted by Gasteiger charge is -2.34. The second-order valence-corrected chi connectivity index (χ2v) is 8.53. The van der Waals surface area contributed by atoms with Crippen molar-refractivity contribution in [3.63, 3.8) is 0 Å². The summed E-state index contributed by atoms with van der Waals surface area (Å²) in [7, 11) is 0. The van der Waals surface area contributed by atoms with Gasteiger partial charge in [-0.2, -0.15) is 0 Å². The van der Waals surface area contributed by atoms with E-state index in [1.807, 2.05) is 6.07 Å². The number of fused-ring (bicyclic) bond motifs is 1. The van der Waals surface area contributed by atoms with E-state index in [1.165, 1.54) is 27.5 Å². The third-order valence-corrected chi connectivity index (χ3v) is 6.59. The molecular weight excluding hydrogens is 391 g/mol. The molecule has 1 atom stereocenters. The van der Waals surface area contributed by atoms with Gasteiger partial charge in [-0.1, -0.05) is 17.7 Å². The average molecular weight is 407 g/mol. The third-order valence-electron chi connectivity index (χ3n) is 4.43. The lowest BCUT2D eigenvalue weighted by atomic mass is 9.98. The summed E-state index contributed by atoms with van der Waals surface area (Å²) in [5.41, 5.74) is 1.43. The molecule has 26 heavy (non-hydrogen) atoms. The van der Waals surface area contributed by atoms with Crippen LogP contribution in [0, 0.1) is 5.82 Å². The van der Waals surface area contributed by atoms with Crippen molar-refractivity contribution < 1.29 is 9.18 Å². The standard InChI is InChI=1S/C19H16ClFN2OS2/c20-12-3-4-15(14(21)10-12)22-18(24)11-23-7-5-16-13(6-9-26-16)19(23)17-2-1-8-25-17/h1-4,6,8-10,19H,5,7,11H2,(H,22,24)/t19-/m1/s1. The van der Waals surface area contributed by atoms with E-state index >= 15 is 0 Å². The number of halogens is 2. The number of hydrogen-bond acceptors (Lipinski definition) is 4. The quantitative estimate of drug-likeness (QED) is 0.646. The van der Waals surface area contributed by atoms with Crippen molar-refractivity contribution in [3.05, 3.63) is 73.3 Å².